The molecular weight excluding hydrogens is 266 g/mol. The van der Waals surface area contributed by atoms with Crippen molar-refractivity contribution in [1.29, 1.82) is 5.26 Å². The second-order valence-corrected chi connectivity index (χ2v) is 4.52. The first-order chi connectivity index (χ1) is 9.02. The van der Waals surface area contributed by atoms with Crippen LogP contribution in [-0.2, 0) is 11.2 Å². The number of alkyl halides is 1. The number of ketones is 1. The molecule has 0 aliphatic heterocycles. The van der Waals surface area contributed by atoms with Crippen LogP contribution in [0.15, 0.2) is 18.2 Å². The molecule has 0 saturated carbocycles. The van der Waals surface area contributed by atoms with Gasteiger partial charge in [0.15, 0.2) is 5.78 Å². The SMILES string of the molecule is CCOC(=O)c1cccc(C(=O)C(C)Cl)c1CC#N. The number of carbonyl (C=O) groups excluding carboxylic acids is 2. The number of esters is 1. The molecule has 100 valence electrons. The minimum absolute atomic E-state index is 0.0420. The van der Waals surface area contributed by atoms with E-state index in [2.05, 4.69) is 0 Å². The van der Waals surface area contributed by atoms with Gasteiger partial charge in [-0.1, -0.05) is 12.1 Å². The Morgan fingerprint density at radius 3 is 2.58 bits per heavy atom. The number of hydrogen-bond acceptors (Lipinski definition) is 4. The second-order valence-electron chi connectivity index (χ2n) is 3.87. The molecule has 1 aromatic rings. The highest BCUT2D eigenvalue weighted by Crippen LogP contribution is 2.20. The fourth-order valence-electron chi connectivity index (χ4n) is 1.70. The molecule has 0 amide bonds. The molecule has 1 rings (SSSR count). The molecule has 0 aliphatic carbocycles. The van der Waals surface area contributed by atoms with Crippen LogP contribution in [0.1, 0.15) is 40.1 Å². The van der Waals surface area contributed by atoms with Crippen molar-refractivity contribution in [2.75, 3.05) is 6.61 Å². The largest absolute Gasteiger partial charge is 0.462 e. The van der Waals surface area contributed by atoms with Crippen molar-refractivity contribution < 1.29 is 14.3 Å². The van der Waals surface area contributed by atoms with Gasteiger partial charge in [-0.3, -0.25) is 4.79 Å². The number of hydrogen-bond donors (Lipinski definition) is 0. The number of benzene rings is 1. The topological polar surface area (TPSA) is 67.2 Å². The molecule has 0 aliphatic rings. The standard InChI is InChI=1S/C14H14ClNO3/c1-3-19-14(18)12-6-4-5-11(10(12)7-8-16)13(17)9(2)15/h4-6,9H,3,7H2,1-2H3. The van der Waals surface area contributed by atoms with E-state index in [9.17, 15) is 9.59 Å². The van der Waals surface area contributed by atoms with Crippen molar-refractivity contribution in [2.24, 2.45) is 0 Å². The van der Waals surface area contributed by atoms with Crippen LogP contribution in [-0.4, -0.2) is 23.7 Å². The Hall–Kier alpha value is -1.86. The zero-order valence-electron chi connectivity index (χ0n) is 10.8. The number of ether oxygens (including phenoxy) is 1. The lowest BCUT2D eigenvalue weighted by Crippen LogP contribution is -2.17. The van der Waals surface area contributed by atoms with Crippen LogP contribution < -0.4 is 0 Å². The fourth-order valence-corrected chi connectivity index (χ4v) is 1.82. The molecule has 0 radical (unpaired) electrons. The zero-order chi connectivity index (χ0) is 14.4. The van der Waals surface area contributed by atoms with E-state index in [0.29, 0.717) is 11.1 Å². The maximum absolute atomic E-state index is 12.0. The second kappa shape index (κ2) is 6.91. The molecule has 0 saturated heterocycles. The number of nitrogens with zero attached hydrogens (tertiary/aromatic N) is 1. The lowest BCUT2D eigenvalue weighted by molar-refractivity contribution is 0.0525. The Kier molecular flexibility index (Phi) is 5.53. The quantitative estimate of drug-likeness (QED) is 0.472. The predicted octanol–water partition coefficient (Wildman–Crippen LogP) is 2.74. The van der Waals surface area contributed by atoms with Gasteiger partial charge in [0.2, 0.25) is 0 Å². The van der Waals surface area contributed by atoms with Crippen molar-refractivity contribution in [3.63, 3.8) is 0 Å². The monoisotopic (exact) mass is 279 g/mol. The first kappa shape index (κ1) is 15.2. The minimum atomic E-state index is -0.713. The van der Waals surface area contributed by atoms with E-state index in [0.717, 1.165) is 0 Å². The van der Waals surface area contributed by atoms with Gasteiger partial charge in [-0.2, -0.15) is 5.26 Å². The highest BCUT2D eigenvalue weighted by Gasteiger charge is 2.21. The van der Waals surface area contributed by atoms with Crippen LogP contribution in [0, 0.1) is 11.3 Å². The van der Waals surface area contributed by atoms with Crippen molar-refractivity contribution in [2.45, 2.75) is 25.6 Å². The number of carbonyl (C=O) groups is 2. The van der Waals surface area contributed by atoms with E-state index in [1.807, 2.05) is 6.07 Å². The molecule has 1 unspecified atom stereocenters. The lowest BCUT2D eigenvalue weighted by Gasteiger charge is -2.12. The molecule has 0 spiro atoms. The Morgan fingerprint density at radius 1 is 1.42 bits per heavy atom. The first-order valence-electron chi connectivity index (χ1n) is 5.87. The van der Waals surface area contributed by atoms with Gasteiger partial charge in [-0.15, -0.1) is 11.6 Å². The molecule has 19 heavy (non-hydrogen) atoms. The van der Waals surface area contributed by atoms with Gasteiger partial charge in [-0.25, -0.2) is 4.79 Å². The van der Waals surface area contributed by atoms with E-state index in [1.54, 1.807) is 32.0 Å². The fraction of sp³-hybridized carbons (Fsp3) is 0.357. The smallest absolute Gasteiger partial charge is 0.338 e. The number of Topliss-reactive ketones (excluding diaryl/α,β-unsaturated/α-hetero) is 1. The third-order valence-corrected chi connectivity index (χ3v) is 2.75. The highest BCUT2D eigenvalue weighted by molar-refractivity contribution is 6.33. The van der Waals surface area contributed by atoms with E-state index < -0.39 is 11.3 Å². The molecule has 1 aromatic carbocycles. The molecule has 0 aromatic heterocycles. The van der Waals surface area contributed by atoms with Gasteiger partial charge in [-0.05, 0) is 25.5 Å². The average molecular weight is 280 g/mol. The average Bonchev–Trinajstić information content (AvgIpc) is 2.38. The third-order valence-electron chi connectivity index (χ3n) is 2.55. The Balaban J connectivity index is 3.34. The van der Waals surface area contributed by atoms with E-state index in [4.69, 9.17) is 21.6 Å². The molecule has 0 heterocycles. The normalized spacial score (nSPS) is 11.5. The number of halogens is 1. The van der Waals surface area contributed by atoms with Crippen molar-refractivity contribution >= 4 is 23.4 Å². The predicted molar refractivity (Wildman–Crippen MR) is 71.4 cm³/mol. The summed E-state index contributed by atoms with van der Waals surface area (Å²) in [6.45, 7) is 3.48. The van der Waals surface area contributed by atoms with Crippen LogP contribution in [0.2, 0.25) is 0 Å². The molecule has 4 nitrogen and oxygen atoms in total. The molecular formula is C14H14ClNO3. The highest BCUT2D eigenvalue weighted by atomic mass is 35.5. The van der Waals surface area contributed by atoms with Crippen LogP contribution in [0.25, 0.3) is 0 Å². The summed E-state index contributed by atoms with van der Waals surface area (Å²) < 4.78 is 4.92. The third kappa shape index (κ3) is 3.55. The maximum atomic E-state index is 12.0. The van der Waals surface area contributed by atoms with Crippen LogP contribution in [0.4, 0.5) is 0 Å². The van der Waals surface area contributed by atoms with E-state index in [-0.39, 0.29) is 24.4 Å². The summed E-state index contributed by atoms with van der Waals surface area (Å²) in [4.78, 5) is 23.8. The minimum Gasteiger partial charge on any atom is -0.462 e. The molecule has 0 fully saturated rings. The van der Waals surface area contributed by atoms with Crippen molar-refractivity contribution in [3.05, 3.63) is 34.9 Å². The lowest BCUT2D eigenvalue weighted by atomic mass is 9.95. The van der Waals surface area contributed by atoms with Crippen molar-refractivity contribution in [3.8, 4) is 6.07 Å². The summed E-state index contributed by atoms with van der Waals surface area (Å²) in [6, 6.07) is 6.64. The van der Waals surface area contributed by atoms with Gasteiger partial charge in [0.1, 0.15) is 0 Å². The summed E-state index contributed by atoms with van der Waals surface area (Å²) >= 11 is 5.78. The molecule has 5 heteroatoms. The van der Waals surface area contributed by atoms with E-state index in [1.165, 1.54) is 0 Å². The zero-order valence-corrected chi connectivity index (χ0v) is 11.5. The number of nitriles is 1. The maximum Gasteiger partial charge on any atom is 0.338 e. The number of rotatable bonds is 5. The summed E-state index contributed by atoms with van der Waals surface area (Å²) in [5, 5.41) is 8.14. The van der Waals surface area contributed by atoms with Gasteiger partial charge < -0.3 is 4.74 Å². The summed E-state index contributed by atoms with van der Waals surface area (Å²) in [6.07, 6.45) is -0.0420. The van der Waals surface area contributed by atoms with Gasteiger partial charge in [0.25, 0.3) is 0 Å². The van der Waals surface area contributed by atoms with Gasteiger partial charge in [0.05, 0.1) is 30.0 Å². The van der Waals surface area contributed by atoms with Crippen LogP contribution in [0.3, 0.4) is 0 Å². The van der Waals surface area contributed by atoms with E-state index >= 15 is 0 Å². The molecule has 0 N–H and O–H groups in total. The summed E-state index contributed by atoms with van der Waals surface area (Å²) in [7, 11) is 0. The van der Waals surface area contributed by atoms with Crippen LogP contribution >= 0.6 is 11.6 Å². The molecule has 0 bridgehead atoms. The van der Waals surface area contributed by atoms with Crippen LogP contribution in [0.5, 0.6) is 0 Å². The Labute approximate surface area is 116 Å². The molecule has 1 atom stereocenters. The first-order valence-corrected chi connectivity index (χ1v) is 6.30. The summed E-state index contributed by atoms with van der Waals surface area (Å²) in [5.41, 5.74) is 0.919. The Bertz CT molecular complexity index is 532. The van der Waals surface area contributed by atoms with Gasteiger partial charge >= 0.3 is 5.97 Å². The summed E-state index contributed by atoms with van der Waals surface area (Å²) in [5.74, 6) is -0.845. The Morgan fingerprint density at radius 2 is 2.05 bits per heavy atom. The van der Waals surface area contributed by atoms with Crippen molar-refractivity contribution in [1.82, 2.24) is 0 Å². The van der Waals surface area contributed by atoms with Gasteiger partial charge in [0, 0.05) is 5.56 Å².